The van der Waals surface area contributed by atoms with Crippen molar-refractivity contribution in [2.24, 2.45) is 17.6 Å². The van der Waals surface area contributed by atoms with E-state index in [1.54, 1.807) is 0 Å². The van der Waals surface area contributed by atoms with Gasteiger partial charge in [-0.3, -0.25) is 4.79 Å². The van der Waals surface area contributed by atoms with Crippen LogP contribution in [0, 0.1) is 11.8 Å². The molecule has 2 fully saturated rings. The minimum atomic E-state index is 0.204. The van der Waals surface area contributed by atoms with E-state index in [9.17, 15) is 4.79 Å². The van der Waals surface area contributed by atoms with Gasteiger partial charge in [-0.15, -0.1) is 0 Å². The number of piperidine rings is 1. The summed E-state index contributed by atoms with van der Waals surface area (Å²) in [5.74, 6) is 1.42. The van der Waals surface area contributed by atoms with Crippen molar-refractivity contribution in [3.05, 3.63) is 0 Å². The van der Waals surface area contributed by atoms with E-state index in [0.29, 0.717) is 12.3 Å². The second-order valence-corrected chi connectivity index (χ2v) is 6.44. The minimum absolute atomic E-state index is 0.204. The fourth-order valence-electron chi connectivity index (χ4n) is 3.40. The summed E-state index contributed by atoms with van der Waals surface area (Å²) in [5.41, 5.74) is 6.00. The van der Waals surface area contributed by atoms with Gasteiger partial charge in [-0.1, -0.05) is 6.42 Å². The van der Waals surface area contributed by atoms with Crippen LogP contribution in [-0.2, 0) is 4.79 Å². The maximum Gasteiger partial charge on any atom is 0.220 e. The third kappa shape index (κ3) is 4.77. The lowest BCUT2D eigenvalue weighted by Gasteiger charge is -2.28. The molecule has 2 rings (SSSR count). The Balaban J connectivity index is 1.56. The summed E-state index contributed by atoms with van der Waals surface area (Å²) in [6.07, 6.45) is 7.73. The lowest BCUT2D eigenvalue weighted by atomic mass is 9.94. The molecule has 0 bridgehead atoms. The Kier molecular flexibility index (Phi) is 5.64. The lowest BCUT2D eigenvalue weighted by molar-refractivity contribution is -0.122. The number of nitrogens with two attached hydrogens (primary N) is 1. The Morgan fingerprint density at radius 1 is 1.26 bits per heavy atom. The molecular formula is C15H29N3O. The number of hydrogen-bond acceptors (Lipinski definition) is 3. The van der Waals surface area contributed by atoms with Crippen LogP contribution in [0.1, 0.15) is 44.9 Å². The first-order chi connectivity index (χ1) is 9.15. The molecule has 3 N–H and O–H groups in total. The highest BCUT2D eigenvalue weighted by Gasteiger charge is 2.26. The molecule has 0 aromatic carbocycles. The number of nitrogens with one attached hydrogen (secondary N) is 1. The number of likely N-dealkylation sites (tertiary alicyclic amines) is 1. The van der Waals surface area contributed by atoms with Crippen LogP contribution in [0.2, 0.25) is 0 Å². The van der Waals surface area contributed by atoms with Crippen LogP contribution < -0.4 is 11.1 Å². The molecule has 4 heteroatoms. The zero-order chi connectivity index (χ0) is 13.7. The third-order valence-corrected chi connectivity index (χ3v) is 4.88. The third-order valence-electron chi connectivity index (χ3n) is 4.88. The van der Waals surface area contributed by atoms with Crippen molar-refractivity contribution in [1.29, 1.82) is 0 Å². The first-order valence-corrected chi connectivity index (χ1v) is 7.86. The summed E-state index contributed by atoms with van der Waals surface area (Å²) < 4.78 is 0. The fourth-order valence-corrected chi connectivity index (χ4v) is 3.40. The summed E-state index contributed by atoms with van der Waals surface area (Å²) in [6, 6.07) is 0.250. The van der Waals surface area contributed by atoms with Crippen molar-refractivity contribution >= 4 is 5.91 Å². The van der Waals surface area contributed by atoms with Crippen molar-refractivity contribution in [1.82, 2.24) is 10.2 Å². The van der Waals surface area contributed by atoms with Crippen molar-refractivity contribution in [3.63, 3.8) is 0 Å². The number of carbonyl (C=O) groups excluding carboxylic acids is 1. The van der Waals surface area contributed by atoms with Crippen molar-refractivity contribution in [3.8, 4) is 0 Å². The molecule has 0 aromatic rings. The second kappa shape index (κ2) is 7.25. The maximum absolute atomic E-state index is 11.9. The van der Waals surface area contributed by atoms with Crippen molar-refractivity contribution < 1.29 is 4.79 Å². The molecule has 0 unspecified atom stereocenters. The first kappa shape index (κ1) is 14.8. The molecule has 1 saturated carbocycles. The Labute approximate surface area is 117 Å². The first-order valence-electron chi connectivity index (χ1n) is 7.86. The van der Waals surface area contributed by atoms with Gasteiger partial charge in [0.25, 0.3) is 0 Å². The Morgan fingerprint density at radius 3 is 2.63 bits per heavy atom. The van der Waals surface area contributed by atoms with E-state index in [-0.39, 0.29) is 11.9 Å². The van der Waals surface area contributed by atoms with Gasteiger partial charge in [-0.2, -0.15) is 0 Å². The topological polar surface area (TPSA) is 58.4 Å². The average Bonchev–Trinajstić information content (AvgIpc) is 2.78. The van der Waals surface area contributed by atoms with Gasteiger partial charge in [0, 0.05) is 19.0 Å². The Morgan fingerprint density at radius 2 is 2.00 bits per heavy atom. The van der Waals surface area contributed by atoms with Gasteiger partial charge in [-0.05, 0) is 64.1 Å². The molecule has 4 nitrogen and oxygen atoms in total. The second-order valence-electron chi connectivity index (χ2n) is 6.44. The van der Waals surface area contributed by atoms with Crippen LogP contribution in [0.3, 0.4) is 0 Å². The fraction of sp³-hybridized carbons (Fsp3) is 0.933. The molecular weight excluding hydrogens is 238 g/mol. The highest BCUT2D eigenvalue weighted by atomic mass is 16.1. The van der Waals surface area contributed by atoms with Crippen LogP contribution in [0.4, 0.5) is 0 Å². The summed E-state index contributed by atoms with van der Waals surface area (Å²) in [5, 5.41) is 3.08. The Bertz CT molecular complexity index is 287. The zero-order valence-electron chi connectivity index (χ0n) is 12.2. The van der Waals surface area contributed by atoms with E-state index >= 15 is 0 Å². The van der Waals surface area contributed by atoms with Crippen LogP contribution in [-0.4, -0.2) is 43.5 Å². The molecule has 1 saturated heterocycles. The zero-order valence-corrected chi connectivity index (χ0v) is 12.2. The molecule has 110 valence electrons. The van der Waals surface area contributed by atoms with Gasteiger partial charge in [-0.25, -0.2) is 0 Å². The van der Waals surface area contributed by atoms with Gasteiger partial charge in [0.15, 0.2) is 0 Å². The molecule has 0 aromatic heterocycles. The molecule has 1 aliphatic heterocycles. The largest absolute Gasteiger partial charge is 0.356 e. The van der Waals surface area contributed by atoms with E-state index in [1.165, 1.54) is 32.4 Å². The monoisotopic (exact) mass is 267 g/mol. The van der Waals surface area contributed by atoms with E-state index in [1.807, 2.05) is 0 Å². The van der Waals surface area contributed by atoms with Crippen LogP contribution in [0.25, 0.3) is 0 Å². The van der Waals surface area contributed by atoms with E-state index in [0.717, 1.165) is 31.7 Å². The molecule has 2 atom stereocenters. The quantitative estimate of drug-likeness (QED) is 0.790. The molecule has 19 heavy (non-hydrogen) atoms. The van der Waals surface area contributed by atoms with Crippen LogP contribution in [0.5, 0.6) is 0 Å². The predicted octanol–water partition coefficient (Wildman–Crippen LogP) is 1.35. The highest BCUT2D eigenvalue weighted by molar-refractivity contribution is 5.76. The molecule has 2 aliphatic rings. The minimum Gasteiger partial charge on any atom is -0.356 e. The predicted molar refractivity (Wildman–Crippen MR) is 77.8 cm³/mol. The smallest absolute Gasteiger partial charge is 0.220 e. The van der Waals surface area contributed by atoms with Gasteiger partial charge < -0.3 is 16.0 Å². The molecule has 0 radical (unpaired) electrons. The van der Waals surface area contributed by atoms with Gasteiger partial charge in [0.05, 0.1) is 0 Å². The molecule has 0 spiro atoms. The lowest BCUT2D eigenvalue weighted by Crippen LogP contribution is -2.34. The Hall–Kier alpha value is -0.610. The molecule has 1 aliphatic carbocycles. The SMILES string of the molecule is CN1CCC(CCNC(=O)C[C@@H]2CCC[C@H]2N)CC1. The number of hydrogen-bond donors (Lipinski definition) is 2. The van der Waals surface area contributed by atoms with Crippen molar-refractivity contribution in [2.45, 2.75) is 51.0 Å². The molecule has 1 heterocycles. The summed E-state index contributed by atoms with van der Waals surface area (Å²) >= 11 is 0. The number of amides is 1. The van der Waals surface area contributed by atoms with Gasteiger partial charge >= 0.3 is 0 Å². The number of carbonyl (C=O) groups is 1. The molecule has 1 amide bonds. The van der Waals surface area contributed by atoms with Crippen LogP contribution in [0.15, 0.2) is 0 Å². The van der Waals surface area contributed by atoms with Crippen LogP contribution >= 0.6 is 0 Å². The van der Waals surface area contributed by atoms with E-state index in [2.05, 4.69) is 17.3 Å². The number of rotatable bonds is 5. The average molecular weight is 267 g/mol. The maximum atomic E-state index is 11.9. The van der Waals surface area contributed by atoms with Crippen molar-refractivity contribution in [2.75, 3.05) is 26.7 Å². The summed E-state index contributed by atoms with van der Waals surface area (Å²) in [6.45, 7) is 3.25. The standard InChI is InChI=1S/C15H29N3O/c1-18-9-6-12(7-10-18)5-8-17-15(19)11-13-3-2-4-14(13)16/h12-14H,2-11,16H2,1H3,(H,17,19)/t13-,14+/m0/s1. The summed E-state index contributed by atoms with van der Waals surface area (Å²) in [4.78, 5) is 14.2. The highest BCUT2D eigenvalue weighted by Crippen LogP contribution is 2.26. The normalized spacial score (nSPS) is 29.6. The van der Waals surface area contributed by atoms with E-state index in [4.69, 9.17) is 5.73 Å². The van der Waals surface area contributed by atoms with Gasteiger partial charge in [0.1, 0.15) is 0 Å². The number of nitrogens with zero attached hydrogens (tertiary/aromatic N) is 1. The van der Waals surface area contributed by atoms with E-state index < -0.39 is 0 Å². The van der Waals surface area contributed by atoms with Gasteiger partial charge in [0.2, 0.25) is 5.91 Å². The summed E-state index contributed by atoms with van der Waals surface area (Å²) in [7, 11) is 2.18.